The summed E-state index contributed by atoms with van der Waals surface area (Å²) in [5, 5.41) is 11.5. The second-order valence-electron chi connectivity index (χ2n) is 6.11. The van der Waals surface area contributed by atoms with E-state index in [4.69, 9.17) is 14.6 Å². The molecule has 2 rings (SSSR count). The Bertz CT molecular complexity index is 797. The normalized spacial score (nSPS) is 11.7. The minimum Gasteiger partial charge on any atom is -0.481 e. The predicted octanol–water partition coefficient (Wildman–Crippen LogP) is 3.02. The van der Waals surface area contributed by atoms with Crippen molar-refractivity contribution in [3.8, 4) is 5.75 Å². The van der Waals surface area contributed by atoms with E-state index in [0.717, 1.165) is 5.56 Å². The Hall–Kier alpha value is -2.93. The first-order chi connectivity index (χ1) is 12.8. The Morgan fingerprint density at radius 1 is 1.15 bits per heavy atom. The summed E-state index contributed by atoms with van der Waals surface area (Å²) in [4.78, 5) is 23.1. The highest BCUT2D eigenvalue weighted by Gasteiger charge is 2.16. The lowest BCUT2D eigenvalue weighted by Crippen LogP contribution is -2.29. The van der Waals surface area contributed by atoms with Crippen molar-refractivity contribution >= 4 is 11.9 Å². The standard InChI is InChI=1S/C20H22FNO5/c1-12-8-15(9-13(2)19(12)27-11-18(23)24)20(25)22-10-17(26-3)14-4-6-16(21)7-5-14/h4-9,17H,10-11H2,1-3H3,(H,22,25)(H,23,24). The molecule has 0 bridgehead atoms. The molecular weight excluding hydrogens is 353 g/mol. The van der Waals surface area contributed by atoms with Gasteiger partial charge in [-0.1, -0.05) is 12.1 Å². The molecule has 2 N–H and O–H groups in total. The number of benzene rings is 2. The number of hydrogen-bond donors (Lipinski definition) is 2. The lowest BCUT2D eigenvalue weighted by molar-refractivity contribution is -0.139. The van der Waals surface area contributed by atoms with E-state index in [1.54, 1.807) is 38.1 Å². The zero-order valence-electron chi connectivity index (χ0n) is 15.4. The molecule has 0 saturated carbocycles. The molecule has 0 aromatic heterocycles. The number of carbonyl (C=O) groups excluding carboxylic acids is 1. The largest absolute Gasteiger partial charge is 0.481 e. The SMILES string of the molecule is COC(CNC(=O)c1cc(C)c(OCC(=O)O)c(C)c1)c1ccc(F)cc1. The van der Waals surface area contributed by atoms with Crippen LogP contribution in [0.5, 0.6) is 5.75 Å². The fourth-order valence-corrected chi connectivity index (χ4v) is 2.75. The van der Waals surface area contributed by atoms with Gasteiger partial charge in [-0.15, -0.1) is 0 Å². The molecule has 0 fully saturated rings. The number of methoxy groups -OCH3 is 1. The summed E-state index contributed by atoms with van der Waals surface area (Å²) in [6, 6.07) is 9.17. The average molecular weight is 375 g/mol. The number of carboxylic acids is 1. The molecule has 1 atom stereocenters. The molecule has 1 amide bonds. The second-order valence-corrected chi connectivity index (χ2v) is 6.11. The van der Waals surface area contributed by atoms with E-state index >= 15 is 0 Å². The van der Waals surface area contributed by atoms with E-state index in [1.165, 1.54) is 19.2 Å². The van der Waals surface area contributed by atoms with Crippen LogP contribution in [0.15, 0.2) is 36.4 Å². The number of hydrogen-bond acceptors (Lipinski definition) is 4. The van der Waals surface area contributed by atoms with Gasteiger partial charge in [0.15, 0.2) is 6.61 Å². The number of rotatable bonds is 8. The molecule has 27 heavy (non-hydrogen) atoms. The highest BCUT2D eigenvalue weighted by molar-refractivity contribution is 5.95. The first-order valence-electron chi connectivity index (χ1n) is 8.34. The number of nitrogens with one attached hydrogen (secondary N) is 1. The number of aryl methyl sites for hydroxylation is 2. The summed E-state index contributed by atoms with van der Waals surface area (Å²) >= 11 is 0. The molecule has 6 nitrogen and oxygen atoms in total. The Kier molecular flexibility index (Phi) is 6.90. The third kappa shape index (κ3) is 5.52. The van der Waals surface area contributed by atoms with Gasteiger partial charge in [0.1, 0.15) is 11.6 Å². The van der Waals surface area contributed by atoms with Gasteiger partial charge in [-0.3, -0.25) is 4.79 Å². The van der Waals surface area contributed by atoms with Crippen molar-refractivity contribution < 1.29 is 28.6 Å². The van der Waals surface area contributed by atoms with Crippen LogP contribution in [0, 0.1) is 19.7 Å². The second kappa shape index (κ2) is 9.14. The van der Waals surface area contributed by atoms with Crippen molar-refractivity contribution in [2.75, 3.05) is 20.3 Å². The lowest BCUT2D eigenvalue weighted by Gasteiger charge is -2.17. The third-order valence-corrected chi connectivity index (χ3v) is 4.04. The first-order valence-corrected chi connectivity index (χ1v) is 8.34. The van der Waals surface area contributed by atoms with Crippen LogP contribution >= 0.6 is 0 Å². The molecular formula is C20H22FNO5. The minimum atomic E-state index is -1.07. The van der Waals surface area contributed by atoms with Gasteiger partial charge in [-0.05, 0) is 54.8 Å². The summed E-state index contributed by atoms with van der Waals surface area (Å²) in [6.45, 7) is 3.27. The molecule has 0 aliphatic rings. The molecule has 0 radical (unpaired) electrons. The van der Waals surface area contributed by atoms with E-state index in [2.05, 4.69) is 5.32 Å². The number of aliphatic carboxylic acids is 1. The van der Waals surface area contributed by atoms with Crippen molar-refractivity contribution in [2.24, 2.45) is 0 Å². The first kappa shape index (κ1) is 20.4. The van der Waals surface area contributed by atoms with Crippen LogP contribution < -0.4 is 10.1 Å². The number of ether oxygens (including phenoxy) is 2. The Morgan fingerprint density at radius 2 is 1.74 bits per heavy atom. The van der Waals surface area contributed by atoms with Crippen molar-refractivity contribution in [3.05, 3.63) is 64.5 Å². The maximum Gasteiger partial charge on any atom is 0.341 e. The van der Waals surface area contributed by atoms with Gasteiger partial charge in [0, 0.05) is 19.2 Å². The van der Waals surface area contributed by atoms with Crippen LogP contribution in [0.1, 0.15) is 33.2 Å². The van der Waals surface area contributed by atoms with Gasteiger partial charge in [-0.25, -0.2) is 9.18 Å². The van der Waals surface area contributed by atoms with Gasteiger partial charge in [0.2, 0.25) is 0 Å². The molecule has 0 aliphatic carbocycles. The fraction of sp³-hybridized carbons (Fsp3) is 0.300. The van der Waals surface area contributed by atoms with Gasteiger partial charge < -0.3 is 19.9 Å². The highest BCUT2D eigenvalue weighted by Crippen LogP contribution is 2.25. The zero-order chi connectivity index (χ0) is 20.0. The zero-order valence-corrected chi connectivity index (χ0v) is 15.4. The number of carbonyl (C=O) groups is 2. The van der Waals surface area contributed by atoms with E-state index in [0.29, 0.717) is 22.4 Å². The quantitative estimate of drug-likeness (QED) is 0.741. The highest BCUT2D eigenvalue weighted by atomic mass is 19.1. The van der Waals surface area contributed by atoms with E-state index < -0.39 is 18.7 Å². The third-order valence-electron chi connectivity index (χ3n) is 4.04. The Balaban J connectivity index is 2.06. The molecule has 144 valence electrons. The van der Waals surface area contributed by atoms with Crippen LogP contribution in [-0.4, -0.2) is 37.2 Å². The van der Waals surface area contributed by atoms with E-state index in [-0.39, 0.29) is 18.3 Å². The summed E-state index contributed by atoms with van der Waals surface area (Å²) in [5.74, 6) is -1.25. The molecule has 0 saturated heterocycles. The molecule has 7 heteroatoms. The molecule has 0 spiro atoms. The minimum absolute atomic E-state index is 0.219. The van der Waals surface area contributed by atoms with Gasteiger partial charge >= 0.3 is 5.97 Å². The van der Waals surface area contributed by atoms with Crippen LogP contribution in [-0.2, 0) is 9.53 Å². The monoisotopic (exact) mass is 375 g/mol. The van der Waals surface area contributed by atoms with Crippen LogP contribution in [0.25, 0.3) is 0 Å². The molecule has 0 aliphatic heterocycles. The van der Waals surface area contributed by atoms with Crippen molar-refractivity contribution in [2.45, 2.75) is 20.0 Å². The maximum absolute atomic E-state index is 13.0. The molecule has 0 heterocycles. The molecule has 2 aromatic rings. The molecule has 1 unspecified atom stereocenters. The fourth-order valence-electron chi connectivity index (χ4n) is 2.75. The van der Waals surface area contributed by atoms with Crippen LogP contribution in [0.2, 0.25) is 0 Å². The summed E-state index contributed by atoms with van der Waals surface area (Å²) in [7, 11) is 1.52. The van der Waals surface area contributed by atoms with Gasteiger partial charge in [0.05, 0.1) is 6.10 Å². The topological polar surface area (TPSA) is 84.9 Å². The van der Waals surface area contributed by atoms with Crippen molar-refractivity contribution in [3.63, 3.8) is 0 Å². The number of halogens is 1. The van der Waals surface area contributed by atoms with E-state index in [1.807, 2.05) is 0 Å². The maximum atomic E-state index is 13.0. The van der Waals surface area contributed by atoms with Crippen molar-refractivity contribution in [1.82, 2.24) is 5.32 Å². The lowest BCUT2D eigenvalue weighted by atomic mass is 10.0. The Morgan fingerprint density at radius 3 is 2.26 bits per heavy atom. The summed E-state index contributed by atoms with van der Waals surface area (Å²) in [5.41, 5.74) is 2.53. The van der Waals surface area contributed by atoms with E-state index in [9.17, 15) is 14.0 Å². The average Bonchev–Trinajstić information content (AvgIpc) is 2.62. The smallest absolute Gasteiger partial charge is 0.341 e. The summed E-state index contributed by atoms with van der Waals surface area (Å²) in [6.07, 6.45) is -0.407. The van der Waals surface area contributed by atoms with Crippen molar-refractivity contribution in [1.29, 1.82) is 0 Å². The van der Waals surface area contributed by atoms with Gasteiger partial charge in [-0.2, -0.15) is 0 Å². The number of amides is 1. The van der Waals surface area contributed by atoms with Crippen LogP contribution in [0.4, 0.5) is 4.39 Å². The number of carboxylic acid groups (broad SMARTS) is 1. The summed E-state index contributed by atoms with van der Waals surface area (Å²) < 4.78 is 23.7. The predicted molar refractivity (Wildman–Crippen MR) is 97.5 cm³/mol. The van der Waals surface area contributed by atoms with Gasteiger partial charge in [0.25, 0.3) is 5.91 Å². The molecule has 2 aromatic carbocycles. The van der Waals surface area contributed by atoms with Crippen LogP contribution in [0.3, 0.4) is 0 Å². The Labute approximate surface area is 156 Å².